The lowest BCUT2D eigenvalue weighted by molar-refractivity contribution is -0.137. The highest BCUT2D eigenvalue weighted by Gasteiger charge is 2.07. The zero-order valence-electron chi connectivity index (χ0n) is 23.7. The number of nitrogens with two attached hydrogens (primary N) is 1. The highest BCUT2D eigenvalue weighted by atomic mass is 16.4. The fraction of sp³-hybridized carbons (Fsp3) is 0.742. The minimum atomic E-state index is -0.651. The number of aliphatic carboxylic acids is 1. The molecule has 0 spiro atoms. The molecule has 1 aromatic carbocycles. The molecule has 0 aliphatic rings. The van der Waals surface area contributed by atoms with Crippen molar-refractivity contribution in [3.63, 3.8) is 0 Å². The second kappa shape index (κ2) is 24.6. The molecule has 0 fully saturated rings. The second-order valence-corrected chi connectivity index (χ2v) is 10.3. The Labute approximate surface area is 222 Å². The fourth-order valence-electron chi connectivity index (χ4n) is 4.43. The number of primary amides is 1. The molecule has 1 amide bonds. The average Bonchev–Trinajstić information content (AvgIpc) is 2.85. The first-order valence-electron chi connectivity index (χ1n) is 14.7. The van der Waals surface area contributed by atoms with Gasteiger partial charge in [-0.15, -0.1) is 0 Å². The zero-order valence-corrected chi connectivity index (χ0v) is 23.7. The number of carboxylic acids is 1. The van der Waals surface area contributed by atoms with Crippen LogP contribution >= 0.6 is 0 Å². The summed E-state index contributed by atoms with van der Waals surface area (Å²) in [5, 5.41) is 8.56. The Bertz CT molecular complexity index is 661. The molecule has 3 N–H and O–H groups in total. The number of anilines is 1. The third kappa shape index (κ3) is 21.3. The van der Waals surface area contributed by atoms with Gasteiger partial charge < -0.3 is 15.7 Å². The van der Waals surface area contributed by atoms with Crippen molar-refractivity contribution in [2.75, 3.05) is 19.0 Å². The topological polar surface area (TPSA) is 83.6 Å². The quantitative estimate of drug-likeness (QED) is 0.155. The van der Waals surface area contributed by atoms with E-state index in [0.717, 1.165) is 18.5 Å². The van der Waals surface area contributed by atoms with E-state index < -0.39 is 5.97 Å². The van der Waals surface area contributed by atoms with Crippen LogP contribution < -0.4 is 10.6 Å². The van der Waals surface area contributed by atoms with E-state index in [2.05, 4.69) is 6.92 Å². The minimum absolute atomic E-state index is 0.346. The molecule has 1 rings (SSSR count). The van der Waals surface area contributed by atoms with Crippen molar-refractivity contribution in [2.24, 2.45) is 5.73 Å². The number of nitrogens with zero attached hydrogens (tertiary/aromatic N) is 1. The predicted octanol–water partition coefficient (Wildman–Crippen LogP) is 8.74. The van der Waals surface area contributed by atoms with Crippen molar-refractivity contribution < 1.29 is 14.7 Å². The molecule has 5 heteroatoms. The van der Waals surface area contributed by atoms with Crippen molar-refractivity contribution >= 4 is 17.6 Å². The number of rotatable bonds is 22. The summed E-state index contributed by atoms with van der Waals surface area (Å²) in [6.07, 6.45) is 26.1. The Morgan fingerprint density at radius 1 is 0.667 bits per heavy atom. The average molecular weight is 505 g/mol. The predicted molar refractivity (Wildman–Crippen MR) is 155 cm³/mol. The van der Waals surface area contributed by atoms with Crippen molar-refractivity contribution in [1.29, 1.82) is 0 Å². The van der Waals surface area contributed by atoms with Gasteiger partial charge in [0.15, 0.2) is 0 Å². The van der Waals surface area contributed by atoms with Gasteiger partial charge in [0.1, 0.15) is 0 Å². The maximum absolute atomic E-state index is 10.9. The Kier molecular flexibility index (Phi) is 23.2. The second-order valence-electron chi connectivity index (χ2n) is 10.3. The van der Waals surface area contributed by atoms with Crippen LogP contribution in [0.5, 0.6) is 0 Å². The van der Waals surface area contributed by atoms with Crippen molar-refractivity contribution in [2.45, 2.75) is 135 Å². The fourth-order valence-corrected chi connectivity index (χ4v) is 4.43. The Morgan fingerprint density at radius 2 is 1.03 bits per heavy atom. The van der Waals surface area contributed by atoms with Gasteiger partial charge in [0.25, 0.3) is 5.91 Å². The van der Waals surface area contributed by atoms with Gasteiger partial charge in [0.2, 0.25) is 0 Å². The Balaban J connectivity index is 0.000000846. The number of hydrogen-bond acceptors (Lipinski definition) is 3. The molecule has 0 heterocycles. The molecule has 0 bridgehead atoms. The molecule has 0 saturated carbocycles. The van der Waals surface area contributed by atoms with E-state index in [-0.39, 0.29) is 5.91 Å². The lowest BCUT2D eigenvalue weighted by Crippen LogP contribution is -2.18. The van der Waals surface area contributed by atoms with E-state index in [1.54, 1.807) is 12.1 Å². The summed E-state index contributed by atoms with van der Waals surface area (Å²) in [4.78, 5) is 23.2. The van der Waals surface area contributed by atoms with Gasteiger partial charge in [-0.2, -0.15) is 0 Å². The third-order valence-electron chi connectivity index (χ3n) is 6.65. The molecule has 0 radical (unpaired) electrons. The molecule has 5 nitrogen and oxygen atoms in total. The van der Waals surface area contributed by atoms with E-state index >= 15 is 0 Å². The number of amides is 1. The number of carbonyl (C=O) groups is 2. The van der Waals surface area contributed by atoms with E-state index in [1.807, 2.05) is 31.1 Å². The van der Waals surface area contributed by atoms with Crippen molar-refractivity contribution in [1.82, 2.24) is 0 Å². The molecule has 208 valence electrons. The van der Waals surface area contributed by atoms with Gasteiger partial charge in [-0.25, -0.2) is 0 Å². The normalized spacial score (nSPS) is 10.5. The molecule has 36 heavy (non-hydrogen) atoms. The van der Waals surface area contributed by atoms with Crippen LogP contribution in [0, 0.1) is 0 Å². The maximum atomic E-state index is 10.9. The van der Waals surface area contributed by atoms with E-state index in [4.69, 9.17) is 10.8 Å². The monoisotopic (exact) mass is 504 g/mol. The molecule has 0 saturated heterocycles. The highest BCUT2D eigenvalue weighted by molar-refractivity contribution is 5.98. The van der Waals surface area contributed by atoms with Crippen LogP contribution in [0.2, 0.25) is 0 Å². The Morgan fingerprint density at radius 3 is 1.33 bits per heavy atom. The summed E-state index contributed by atoms with van der Waals surface area (Å²) in [5.41, 5.74) is 6.60. The SMILES string of the molecule is CCCCCCCCCCCCCCCCCCCCCC(=O)O.CN(C)c1ccccc1C(N)=O. The molecule has 0 aliphatic heterocycles. The van der Waals surface area contributed by atoms with E-state index in [9.17, 15) is 9.59 Å². The first-order chi connectivity index (χ1) is 17.4. The van der Waals surface area contributed by atoms with Gasteiger partial charge in [-0.05, 0) is 18.6 Å². The Hall–Kier alpha value is -2.04. The first-order valence-corrected chi connectivity index (χ1v) is 14.7. The number of para-hydroxylation sites is 1. The van der Waals surface area contributed by atoms with Gasteiger partial charge >= 0.3 is 5.97 Å². The van der Waals surface area contributed by atoms with Crippen LogP contribution in [0.25, 0.3) is 0 Å². The number of benzene rings is 1. The third-order valence-corrected chi connectivity index (χ3v) is 6.65. The standard InChI is InChI=1S/C22H44O2.C9H12N2O/c1-2-3-4-5-6-7-8-9-10-11-12-13-14-15-16-17-18-19-20-21-22(23)24;1-11(2)8-6-4-3-5-7(8)9(10)12/h2-21H2,1H3,(H,23,24);3-6H,1-2H3,(H2,10,12). The summed E-state index contributed by atoms with van der Waals surface area (Å²) in [7, 11) is 3.75. The summed E-state index contributed by atoms with van der Waals surface area (Å²) >= 11 is 0. The lowest BCUT2D eigenvalue weighted by atomic mass is 10.0. The van der Waals surface area contributed by atoms with Crippen molar-refractivity contribution in [3.8, 4) is 0 Å². The summed E-state index contributed by atoms with van der Waals surface area (Å²) < 4.78 is 0. The lowest BCUT2D eigenvalue weighted by Gasteiger charge is -2.14. The van der Waals surface area contributed by atoms with Crippen molar-refractivity contribution in [3.05, 3.63) is 29.8 Å². The smallest absolute Gasteiger partial charge is 0.303 e. The number of carboxylic acid groups (broad SMARTS) is 1. The molecule has 1 aromatic rings. The number of unbranched alkanes of at least 4 members (excludes halogenated alkanes) is 18. The number of hydrogen-bond donors (Lipinski definition) is 2. The highest BCUT2D eigenvalue weighted by Crippen LogP contribution is 2.17. The van der Waals surface area contributed by atoms with Crippen LogP contribution in [-0.2, 0) is 4.79 Å². The van der Waals surface area contributed by atoms with Crippen LogP contribution in [0.4, 0.5) is 5.69 Å². The summed E-state index contributed by atoms with van der Waals surface area (Å²) in [6.45, 7) is 2.28. The largest absolute Gasteiger partial charge is 0.481 e. The van der Waals surface area contributed by atoms with Crippen LogP contribution in [0.1, 0.15) is 146 Å². The molecular formula is C31H56N2O3. The van der Waals surface area contributed by atoms with Gasteiger partial charge in [0, 0.05) is 26.2 Å². The maximum Gasteiger partial charge on any atom is 0.303 e. The van der Waals surface area contributed by atoms with E-state index in [1.165, 1.54) is 109 Å². The van der Waals surface area contributed by atoms with Gasteiger partial charge in [-0.3, -0.25) is 9.59 Å². The molecule has 0 aliphatic carbocycles. The zero-order chi connectivity index (χ0) is 26.9. The molecule has 0 unspecified atom stereocenters. The van der Waals surface area contributed by atoms with Gasteiger partial charge in [-0.1, -0.05) is 135 Å². The van der Waals surface area contributed by atoms with Crippen LogP contribution in [0.15, 0.2) is 24.3 Å². The molecule has 0 atom stereocenters. The first kappa shape index (κ1) is 34.0. The van der Waals surface area contributed by atoms with Crippen LogP contribution in [-0.4, -0.2) is 31.1 Å². The van der Waals surface area contributed by atoms with E-state index in [0.29, 0.717) is 12.0 Å². The minimum Gasteiger partial charge on any atom is -0.481 e. The molecular weight excluding hydrogens is 448 g/mol. The summed E-state index contributed by atoms with van der Waals surface area (Å²) in [5.74, 6) is -1.04. The van der Waals surface area contributed by atoms with Gasteiger partial charge in [0.05, 0.1) is 5.56 Å². The summed E-state index contributed by atoms with van der Waals surface area (Å²) in [6, 6.07) is 7.26. The number of carbonyl (C=O) groups excluding carboxylic acids is 1. The van der Waals surface area contributed by atoms with Crippen LogP contribution in [0.3, 0.4) is 0 Å². The molecule has 0 aromatic heterocycles.